The Morgan fingerprint density at radius 2 is 1.33 bits per heavy atom. The van der Waals surface area contributed by atoms with Crippen LogP contribution in [0.25, 0.3) is 0 Å². The predicted octanol–water partition coefficient (Wildman–Crippen LogP) is 2.66. The van der Waals surface area contributed by atoms with Gasteiger partial charge >= 0.3 is 0 Å². The first-order chi connectivity index (χ1) is 6.36. The largest absolute Gasteiger partial charge is 0.0629 e. The molecule has 2 aliphatic carbocycles. The molecule has 1 aromatic carbocycles. The van der Waals surface area contributed by atoms with Gasteiger partial charge in [0.2, 0.25) is 0 Å². The van der Waals surface area contributed by atoms with Crippen molar-refractivity contribution in [2.75, 3.05) is 0 Å². The van der Waals surface area contributed by atoms with Gasteiger partial charge in [-0.2, -0.15) is 0 Å². The molecule has 12 heavy (non-hydrogen) atoms. The molecule has 0 fully saturated rings. The quantitative estimate of drug-likeness (QED) is 0.546. The molecule has 0 heteroatoms. The van der Waals surface area contributed by atoms with E-state index in [1.165, 1.54) is 47.9 Å². The number of fused-ring (bicyclic) bond motifs is 2. The molecule has 0 N–H and O–H groups in total. The molecule has 1 aromatic rings. The Hall–Kier alpha value is -0.780. The lowest BCUT2D eigenvalue weighted by Gasteiger charge is -2.03. The van der Waals surface area contributed by atoms with Crippen molar-refractivity contribution in [1.29, 1.82) is 0 Å². The van der Waals surface area contributed by atoms with Crippen LogP contribution >= 0.6 is 0 Å². The summed E-state index contributed by atoms with van der Waals surface area (Å²) in [5.41, 5.74) is 5.68. The highest BCUT2D eigenvalue weighted by molar-refractivity contribution is 5.42. The van der Waals surface area contributed by atoms with E-state index in [0.717, 1.165) is 18.9 Å². The normalized spacial score (nSPS) is 20.5. The molecule has 0 amide bonds. The first kappa shape index (κ1) is 5.80. The van der Waals surface area contributed by atoms with Crippen molar-refractivity contribution in [3.63, 3.8) is 0 Å². The summed E-state index contributed by atoms with van der Waals surface area (Å²) in [7, 11) is 0. The van der Waals surface area contributed by atoms with Gasteiger partial charge in [0, 0.05) is 0 Å². The predicted molar refractivity (Wildman–Crippen MR) is 50.5 cm³/mol. The molecule has 0 aromatic heterocycles. The Morgan fingerprint density at radius 1 is 0.833 bits per heavy atom. The Morgan fingerprint density at radius 3 is 1.92 bits per heavy atom. The van der Waals surface area contributed by atoms with Crippen molar-refractivity contribution >= 4 is 0 Å². The Labute approximate surface area is 75.0 Å². The van der Waals surface area contributed by atoms with E-state index in [1.54, 1.807) is 0 Å². The first-order valence-electron chi connectivity index (χ1n) is 5.49. The van der Waals surface area contributed by atoms with E-state index in [2.05, 4.69) is 6.07 Å². The van der Waals surface area contributed by atoms with Crippen LogP contribution in [0.1, 0.15) is 36.5 Å². The fraction of sp³-hybridized carbons (Fsp3) is 0.500. The van der Waals surface area contributed by atoms with Gasteiger partial charge in [0.15, 0.2) is 0 Å². The standard InChI is InChI=1S/C12H14/c1-3-9-7-11-5-2-6-12(11)8-10(9)4-1/h7-8H,1-6H2/i7D. The maximum Gasteiger partial charge on any atom is 0.0629 e. The van der Waals surface area contributed by atoms with Gasteiger partial charge in [-0.25, -0.2) is 0 Å². The number of aryl methyl sites for hydroxylation is 2. The summed E-state index contributed by atoms with van der Waals surface area (Å²) in [4.78, 5) is 0. The maximum atomic E-state index is 8.11. The molecule has 62 valence electrons. The lowest BCUT2D eigenvalue weighted by atomic mass is 10.0. The van der Waals surface area contributed by atoms with Gasteiger partial charge in [-0.1, -0.05) is 12.1 Å². The second-order valence-corrected chi connectivity index (χ2v) is 3.98. The van der Waals surface area contributed by atoms with Crippen LogP contribution < -0.4 is 0 Å². The van der Waals surface area contributed by atoms with E-state index in [9.17, 15) is 0 Å². The average Bonchev–Trinajstić information content (AvgIpc) is 2.71. The minimum atomic E-state index is 0.891. The zero-order chi connectivity index (χ0) is 8.84. The lowest BCUT2D eigenvalue weighted by Crippen LogP contribution is -1.88. The fourth-order valence-electron chi connectivity index (χ4n) is 2.53. The summed E-state index contributed by atoms with van der Waals surface area (Å²) in [5.74, 6) is 0. The van der Waals surface area contributed by atoms with Crippen LogP contribution in [-0.4, -0.2) is 0 Å². The van der Waals surface area contributed by atoms with E-state index >= 15 is 0 Å². The Bertz CT molecular complexity index is 334. The topological polar surface area (TPSA) is 0 Å². The summed E-state index contributed by atoms with van der Waals surface area (Å²) < 4.78 is 8.11. The van der Waals surface area contributed by atoms with E-state index in [1.807, 2.05) is 0 Å². The third kappa shape index (κ3) is 0.841. The van der Waals surface area contributed by atoms with Gasteiger partial charge in [0.1, 0.15) is 0 Å². The molecule has 0 spiro atoms. The fourth-order valence-corrected chi connectivity index (χ4v) is 2.53. The average molecular weight is 159 g/mol. The minimum Gasteiger partial charge on any atom is -0.0553 e. The smallest absolute Gasteiger partial charge is 0.0553 e. The lowest BCUT2D eigenvalue weighted by molar-refractivity contribution is 0.897. The molecule has 0 unspecified atom stereocenters. The molecule has 0 saturated heterocycles. The second kappa shape index (κ2) is 2.35. The van der Waals surface area contributed by atoms with Crippen LogP contribution in [0.2, 0.25) is 0 Å². The summed E-state index contributed by atoms with van der Waals surface area (Å²) in [5, 5.41) is 0. The summed E-state index contributed by atoms with van der Waals surface area (Å²) in [6.07, 6.45) is 7.28. The molecular weight excluding hydrogens is 144 g/mol. The number of rotatable bonds is 0. The second-order valence-electron chi connectivity index (χ2n) is 3.98. The highest BCUT2D eigenvalue weighted by atomic mass is 14.2. The molecule has 0 radical (unpaired) electrons. The first-order valence-corrected chi connectivity index (χ1v) is 4.99. The van der Waals surface area contributed by atoms with Crippen LogP contribution in [0, 0.1) is 0 Å². The van der Waals surface area contributed by atoms with Gasteiger partial charge in [-0.15, -0.1) is 0 Å². The number of hydrogen-bond acceptors (Lipinski definition) is 0. The van der Waals surface area contributed by atoms with Gasteiger partial charge in [-0.3, -0.25) is 0 Å². The zero-order valence-corrected chi connectivity index (χ0v) is 7.32. The molecular formula is C12H14. The summed E-state index contributed by atoms with van der Waals surface area (Å²) in [6.45, 7) is 0. The van der Waals surface area contributed by atoms with Crippen LogP contribution in [-0.2, 0) is 25.7 Å². The molecule has 3 rings (SSSR count). The van der Waals surface area contributed by atoms with E-state index in [-0.39, 0.29) is 0 Å². The molecule has 0 bridgehead atoms. The molecule has 0 aliphatic heterocycles. The van der Waals surface area contributed by atoms with E-state index < -0.39 is 0 Å². The Balaban J connectivity index is 2.26. The highest BCUT2D eigenvalue weighted by Gasteiger charge is 2.17. The van der Waals surface area contributed by atoms with Gasteiger partial charge < -0.3 is 0 Å². The van der Waals surface area contributed by atoms with Crippen molar-refractivity contribution < 1.29 is 1.37 Å². The van der Waals surface area contributed by atoms with Gasteiger partial charge in [-0.05, 0) is 60.8 Å². The van der Waals surface area contributed by atoms with E-state index in [4.69, 9.17) is 1.37 Å². The van der Waals surface area contributed by atoms with Crippen LogP contribution in [0.4, 0.5) is 0 Å². The van der Waals surface area contributed by atoms with Crippen molar-refractivity contribution in [3.05, 3.63) is 34.4 Å². The molecule has 0 saturated carbocycles. The molecule has 0 heterocycles. The van der Waals surface area contributed by atoms with Crippen LogP contribution in [0.3, 0.4) is 0 Å². The van der Waals surface area contributed by atoms with Crippen molar-refractivity contribution in [2.24, 2.45) is 0 Å². The van der Waals surface area contributed by atoms with Crippen molar-refractivity contribution in [2.45, 2.75) is 38.5 Å². The van der Waals surface area contributed by atoms with Crippen molar-refractivity contribution in [3.8, 4) is 0 Å². The molecule has 2 aliphatic rings. The molecule has 0 atom stereocenters. The Kier molecular flexibility index (Phi) is 1.14. The minimum absolute atomic E-state index is 0.891. The third-order valence-corrected chi connectivity index (χ3v) is 3.17. The maximum absolute atomic E-state index is 8.11. The monoisotopic (exact) mass is 159 g/mol. The van der Waals surface area contributed by atoms with Crippen molar-refractivity contribution in [1.82, 2.24) is 0 Å². The number of benzene rings is 1. The number of hydrogen-bond donors (Lipinski definition) is 0. The van der Waals surface area contributed by atoms with Gasteiger partial charge in [0.05, 0.1) is 1.37 Å². The summed E-state index contributed by atoms with van der Waals surface area (Å²) in [6, 6.07) is 3.27. The van der Waals surface area contributed by atoms with Gasteiger partial charge in [0.25, 0.3) is 0 Å². The molecule has 0 nitrogen and oxygen atoms in total. The van der Waals surface area contributed by atoms with Crippen LogP contribution in [0.15, 0.2) is 12.1 Å². The SMILES string of the molecule is [2H]c1c2c(cc3c1CCC3)CCC2. The third-order valence-electron chi connectivity index (χ3n) is 3.17. The van der Waals surface area contributed by atoms with Crippen LogP contribution in [0.5, 0.6) is 0 Å². The van der Waals surface area contributed by atoms with E-state index in [0.29, 0.717) is 0 Å². The highest BCUT2D eigenvalue weighted by Crippen LogP contribution is 2.30. The summed E-state index contributed by atoms with van der Waals surface area (Å²) >= 11 is 0. The zero-order valence-electron chi connectivity index (χ0n) is 8.32.